The van der Waals surface area contributed by atoms with Crippen molar-refractivity contribution in [3.8, 4) is 0 Å². The van der Waals surface area contributed by atoms with Crippen LogP contribution in [0.2, 0.25) is 0 Å². The van der Waals surface area contributed by atoms with Crippen molar-refractivity contribution in [3.05, 3.63) is 42.1 Å². The van der Waals surface area contributed by atoms with Crippen molar-refractivity contribution in [1.82, 2.24) is 4.98 Å². The van der Waals surface area contributed by atoms with E-state index in [4.69, 9.17) is 5.73 Å². The molecule has 2 N–H and O–H groups in total. The molecule has 2 rings (SSSR count). The molecule has 0 aliphatic carbocycles. The first-order valence-corrected chi connectivity index (χ1v) is 4.85. The summed E-state index contributed by atoms with van der Waals surface area (Å²) in [6, 6.07) is 9.57. The summed E-state index contributed by atoms with van der Waals surface area (Å²) < 4.78 is 0. The summed E-state index contributed by atoms with van der Waals surface area (Å²) in [6.07, 6.45) is 2.90. The molecule has 1 unspecified atom stereocenters. The molecule has 2 aromatic rings. The zero-order valence-electron chi connectivity index (χ0n) is 8.26. The number of para-hydroxylation sites is 1. The SMILES string of the molecule is NC(CC=O)c1cnc2ccccc2c1. The van der Waals surface area contributed by atoms with E-state index in [0.29, 0.717) is 6.42 Å². The number of nitrogens with zero attached hydrogens (tertiary/aromatic N) is 1. The lowest BCUT2D eigenvalue weighted by Gasteiger charge is -2.08. The number of aromatic nitrogens is 1. The second-order valence-corrected chi connectivity index (χ2v) is 3.47. The predicted molar refractivity (Wildman–Crippen MR) is 59.4 cm³/mol. The highest BCUT2D eigenvalue weighted by atomic mass is 16.1. The summed E-state index contributed by atoms with van der Waals surface area (Å²) in [4.78, 5) is 14.6. The summed E-state index contributed by atoms with van der Waals surface area (Å²) in [7, 11) is 0. The standard InChI is InChI=1S/C12H12N2O/c13-11(5-6-15)10-7-9-3-1-2-4-12(9)14-8-10/h1-4,6-8,11H,5,13H2. The van der Waals surface area contributed by atoms with Crippen molar-refractivity contribution in [3.63, 3.8) is 0 Å². The number of carbonyl (C=O) groups excluding carboxylic acids is 1. The largest absolute Gasteiger partial charge is 0.324 e. The van der Waals surface area contributed by atoms with Gasteiger partial charge in [-0.1, -0.05) is 18.2 Å². The van der Waals surface area contributed by atoms with Crippen LogP contribution in [0.5, 0.6) is 0 Å². The van der Waals surface area contributed by atoms with Crippen molar-refractivity contribution in [1.29, 1.82) is 0 Å². The molecular weight excluding hydrogens is 188 g/mol. The molecule has 1 atom stereocenters. The van der Waals surface area contributed by atoms with Gasteiger partial charge in [0.15, 0.2) is 0 Å². The van der Waals surface area contributed by atoms with Crippen LogP contribution in [0.25, 0.3) is 10.9 Å². The van der Waals surface area contributed by atoms with Crippen LogP contribution < -0.4 is 5.73 Å². The highest BCUT2D eigenvalue weighted by Gasteiger charge is 2.06. The van der Waals surface area contributed by atoms with Gasteiger partial charge in [0.05, 0.1) is 5.52 Å². The number of nitrogens with two attached hydrogens (primary N) is 1. The molecule has 0 fully saturated rings. The van der Waals surface area contributed by atoms with E-state index >= 15 is 0 Å². The molecule has 0 saturated carbocycles. The highest BCUT2D eigenvalue weighted by molar-refractivity contribution is 5.78. The van der Waals surface area contributed by atoms with Gasteiger partial charge >= 0.3 is 0 Å². The van der Waals surface area contributed by atoms with Gasteiger partial charge in [0.1, 0.15) is 6.29 Å². The molecule has 0 saturated heterocycles. The lowest BCUT2D eigenvalue weighted by atomic mass is 10.1. The average Bonchev–Trinajstić information content (AvgIpc) is 2.29. The summed E-state index contributed by atoms with van der Waals surface area (Å²) in [6.45, 7) is 0. The van der Waals surface area contributed by atoms with Crippen LogP contribution in [0, 0.1) is 0 Å². The Kier molecular flexibility index (Phi) is 2.74. The van der Waals surface area contributed by atoms with Crippen LogP contribution in [0.3, 0.4) is 0 Å². The number of aldehydes is 1. The van der Waals surface area contributed by atoms with Gasteiger partial charge in [-0.3, -0.25) is 4.98 Å². The first-order chi connectivity index (χ1) is 7.31. The lowest BCUT2D eigenvalue weighted by molar-refractivity contribution is -0.108. The molecule has 15 heavy (non-hydrogen) atoms. The normalized spacial score (nSPS) is 12.6. The third-order valence-corrected chi connectivity index (χ3v) is 2.39. The lowest BCUT2D eigenvalue weighted by Crippen LogP contribution is -2.10. The molecule has 0 bridgehead atoms. The van der Waals surface area contributed by atoms with E-state index in [1.54, 1.807) is 6.20 Å². The van der Waals surface area contributed by atoms with E-state index in [9.17, 15) is 4.79 Å². The fourth-order valence-electron chi connectivity index (χ4n) is 1.53. The number of hydrogen-bond acceptors (Lipinski definition) is 3. The van der Waals surface area contributed by atoms with E-state index in [-0.39, 0.29) is 6.04 Å². The van der Waals surface area contributed by atoms with E-state index in [1.807, 2.05) is 30.3 Å². The molecule has 0 aliphatic heterocycles. The summed E-state index contributed by atoms with van der Waals surface area (Å²) in [5.41, 5.74) is 7.67. The number of rotatable bonds is 3. The van der Waals surface area contributed by atoms with E-state index < -0.39 is 0 Å². The van der Waals surface area contributed by atoms with E-state index in [0.717, 1.165) is 22.8 Å². The number of carbonyl (C=O) groups is 1. The number of pyridine rings is 1. The van der Waals surface area contributed by atoms with E-state index in [2.05, 4.69) is 4.98 Å². The molecule has 3 heteroatoms. The minimum atomic E-state index is -0.250. The second-order valence-electron chi connectivity index (χ2n) is 3.47. The fourth-order valence-corrected chi connectivity index (χ4v) is 1.53. The third kappa shape index (κ3) is 2.02. The zero-order chi connectivity index (χ0) is 10.7. The Hall–Kier alpha value is -1.74. The summed E-state index contributed by atoms with van der Waals surface area (Å²) in [5.74, 6) is 0. The van der Waals surface area contributed by atoms with Gasteiger partial charge in [0, 0.05) is 24.0 Å². The monoisotopic (exact) mass is 200 g/mol. The Morgan fingerprint density at radius 1 is 1.40 bits per heavy atom. The number of fused-ring (bicyclic) bond motifs is 1. The summed E-state index contributed by atoms with van der Waals surface area (Å²) in [5, 5.41) is 1.05. The smallest absolute Gasteiger partial charge is 0.121 e. The minimum absolute atomic E-state index is 0.250. The molecule has 3 nitrogen and oxygen atoms in total. The van der Waals surface area contributed by atoms with Gasteiger partial charge in [-0.15, -0.1) is 0 Å². The van der Waals surface area contributed by atoms with Gasteiger partial charge in [0.2, 0.25) is 0 Å². The summed E-state index contributed by atoms with van der Waals surface area (Å²) >= 11 is 0. The highest BCUT2D eigenvalue weighted by Crippen LogP contribution is 2.17. The molecule has 1 aromatic heterocycles. The molecule has 0 radical (unpaired) electrons. The van der Waals surface area contributed by atoms with Crippen LogP contribution in [0.4, 0.5) is 0 Å². The Bertz CT molecular complexity index is 482. The third-order valence-electron chi connectivity index (χ3n) is 2.39. The Balaban J connectivity index is 2.42. The number of hydrogen-bond donors (Lipinski definition) is 1. The van der Waals surface area contributed by atoms with Crippen molar-refractivity contribution < 1.29 is 4.79 Å². The Morgan fingerprint density at radius 3 is 3.00 bits per heavy atom. The molecule has 0 amide bonds. The van der Waals surface area contributed by atoms with Gasteiger partial charge in [0.25, 0.3) is 0 Å². The maximum Gasteiger partial charge on any atom is 0.121 e. The van der Waals surface area contributed by atoms with Crippen molar-refractivity contribution in [2.75, 3.05) is 0 Å². The van der Waals surface area contributed by atoms with Crippen molar-refractivity contribution in [2.24, 2.45) is 5.73 Å². The quantitative estimate of drug-likeness (QED) is 0.769. The van der Waals surface area contributed by atoms with E-state index in [1.165, 1.54) is 0 Å². The molecular formula is C12H12N2O. The van der Waals surface area contributed by atoms with Gasteiger partial charge in [-0.05, 0) is 17.7 Å². The fraction of sp³-hybridized carbons (Fsp3) is 0.167. The minimum Gasteiger partial charge on any atom is -0.324 e. The van der Waals surface area contributed by atoms with Crippen molar-refractivity contribution >= 4 is 17.2 Å². The molecule has 76 valence electrons. The first kappa shape index (κ1) is 9.80. The molecule has 0 aliphatic rings. The Labute approximate surface area is 87.9 Å². The second kappa shape index (κ2) is 4.19. The molecule has 1 aromatic carbocycles. The topological polar surface area (TPSA) is 56.0 Å². The predicted octanol–water partition coefficient (Wildman–Crippen LogP) is 1.82. The van der Waals surface area contributed by atoms with Crippen LogP contribution in [0.1, 0.15) is 18.0 Å². The molecule has 1 heterocycles. The van der Waals surface area contributed by atoms with Crippen LogP contribution in [-0.4, -0.2) is 11.3 Å². The van der Waals surface area contributed by atoms with Crippen molar-refractivity contribution in [2.45, 2.75) is 12.5 Å². The van der Waals surface area contributed by atoms with Crippen LogP contribution >= 0.6 is 0 Å². The average molecular weight is 200 g/mol. The maximum absolute atomic E-state index is 10.4. The van der Waals surface area contributed by atoms with Gasteiger partial charge in [-0.25, -0.2) is 0 Å². The van der Waals surface area contributed by atoms with Crippen LogP contribution in [-0.2, 0) is 4.79 Å². The maximum atomic E-state index is 10.4. The molecule has 0 spiro atoms. The van der Waals surface area contributed by atoms with Crippen LogP contribution in [0.15, 0.2) is 36.5 Å². The zero-order valence-corrected chi connectivity index (χ0v) is 8.26. The number of benzene rings is 1. The Morgan fingerprint density at radius 2 is 2.20 bits per heavy atom. The van der Waals surface area contributed by atoms with Gasteiger partial charge < -0.3 is 10.5 Å². The first-order valence-electron chi connectivity index (χ1n) is 4.85. The van der Waals surface area contributed by atoms with Gasteiger partial charge in [-0.2, -0.15) is 0 Å².